The third-order valence-electron chi connectivity index (χ3n) is 9.47. The van der Waals surface area contributed by atoms with Gasteiger partial charge in [0.25, 0.3) is 5.91 Å². The average Bonchev–Trinajstić information content (AvgIpc) is 3.73. The van der Waals surface area contributed by atoms with Gasteiger partial charge in [-0.1, -0.05) is 45.5 Å². The van der Waals surface area contributed by atoms with Gasteiger partial charge in [-0.15, -0.1) is 0 Å². The van der Waals surface area contributed by atoms with Crippen molar-refractivity contribution in [2.24, 2.45) is 10.8 Å². The molecule has 0 unspecified atom stereocenters. The molecule has 2 aromatic carbocycles. The van der Waals surface area contributed by atoms with Crippen molar-refractivity contribution < 1.29 is 14.0 Å². The number of hydrogen-bond donors (Lipinski definition) is 2. The van der Waals surface area contributed by atoms with Gasteiger partial charge in [0, 0.05) is 42.8 Å². The quantitative estimate of drug-likeness (QED) is 0.224. The number of furan rings is 1. The number of aromatic nitrogens is 2. The second-order valence-electron chi connectivity index (χ2n) is 13.4. The minimum atomic E-state index is -0.207. The number of likely N-dealkylation sites (tertiary alicyclic amines) is 1. The van der Waals surface area contributed by atoms with Crippen LogP contribution >= 0.6 is 0 Å². The van der Waals surface area contributed by atoms with Crippen LogP contribution < -0.4 is 10.6 Å². The third kappa shape index (κ3) is 5.76. The van der Waals surface area contributed by atoms with Crippen LogP contribution in [-0.2, 0) is 11.3 Å². The van der Waals surface area contributed by atoms with Gasteiger partial charge in [-0.3, -0.25) is 14.9 Å². The van der Waals surface area contributed by atoms with Crippen LogP contribution in [0.4, 0.5) is 5.95 Å². The summed E-state index contributed by atoms with van der Waals surface area (Å²) in [6.07, 6.45) is 5.90. The summed E-state index contributed by atoms with van der Waals surface area (Å²) in [4.78, 5) is 32.6. The Kier molecular flexibility index (Phi) is 7.50. The van der Waals surface area contributed by atoms with E-state index < -0.39 is 0 Å². The second-order valence-corrected chi connectivity index (χ2v) is 13.4. The highest BCUT2D eigenvalue weighted by Gasteiger charge is 2.50. The SMILES string of the molecule is C=CC(=O)N1CCC2(CC(n3c(NC(=O)c4ccc(-c5ccco5)cc4)nc4cc(CN[C@@H](C)C(C)(C)C)ccc43)C2)C1. The van der Waals surface area contributed by atoms with Gasteiger partial charge in [0.15, 0.2) is 0 Å². The molecule has 3 heterocycles. The van der Waals surface area contributed by atoms with Crippen LogP contribution in [0.3, 0.4) is 0 Å². The number of fused-ring (bicyclic) bond motifs is 1. The van der Waals surface area contributed by atoms with Crippen molar-refractivity contribution >= 4 is 28.8 Å². The Morgan fingerprint density at radius 3 is 2.60 bits per heavy atom. The van der Waals surface area contributed by atoms with E-state index in [0.29, 0.717) is 17.6 Å². The Bertz CT molecular complexity index is 1640. The van der Waals surface area contributed by atoms with Crippen molar-refractivity contribution in [3.63, 3.8) is 0 Å². The molecule has 1 saturated carbocycles. The van der Waals surface area contributed by atoms with Gasteiger partial charge in [0.2, 0.25) is 11.9 Å². The summed E-state index contributed by atoms with van der Waals surface area (Å²) in [6, 6.07) is 18.1. The standard InChI is InChI=1S/C35H41N5O3/c1-6-31(41)39-16-15-35(22-39)19-27(20-35)40-29-14-9-24(21-36-23(2)34(3,4)5)18-28(29)37-33(40)38-32(42)26-12-10-25(11-13-26)30-8-7-17-43-30/h6-14,17-18,23,27,36H,1,15-16,19-22H2,2-5H3,(H,37,38,42)/t23-,27?,35?/m0/s1. The average molecular weight is 580 g/mol. The number of nitrogens with one attached hydrogen (secondary N) is 2. The minimum absolute atomic E-state index is 0.00124. The molecule has 6 rings (SSSR count). The monoisotopic (exact) mass is 579 g/mol. The third-order valence-corrected chi connectivity index (χ3v) is 9.47. The van der Waals surface area contributed by atoms with Gasteiger partial charge in [-0.2, -0.15) is 0 Å². The lowest BCUT2D eigenvalue weighted by molar-refractivity contribution is -0.125. The number of benzene rings is 2. The summed E-state index contributed by atoms with van der Waals surface area (Å²) in [5.41, 5.74) is 4.75. The summed E-state index contributed by atoms with van der Waals surface area (Å²) < 4.78 is 7.68. The van der Waals surface area contributed by atoms with E-state index in [1.165, 1.54) is 6.08 Å². The molecule has 8 heteroatoms. The van der Waals surface area contributed by atoms with E-state index in [4.69, 9.17) is 9.40 Å². The van der Waals surface area contributed by atoms with Crippen molar-refractivity contribution in [3.8, 4) is 11.3 Å². The topological polar surface area (TPSA) is 92.4 Å². The summed E-state index contributed by atoms with van der Waals surface area (Å²) in [6.45, 7) is 14.8. The maximum absolute atomic E-state index is 13.5. The van der Waals surface area contributed by atoms with Crippen LogP contribution in [0.15, 0.2) is 77.9 Å². The molecule has 224 valence electrons. The number of imidazole rings is 1. The lowest BCUT2D eigenvalue weighted by atomic mass is 9.64. The molecule has 2 aliphatic rings. The van der Waals surface area contributed by atoms with Crippen molar-refractivity contribution in [3.05, 3.63) is 84.6 Å². The fraction of sp³-hybridized carbons (Fsp3) is 0.400. The van der Waals surface area contributed by atoms with Gasteiger partial charge < -0.3 is 19.2 Å². The highest BCUT2D eigenvalue weighted by molar-refractivity contribution is 6.04. The van der Waals surface area contributed by atoms with Crippen LogP contribution in [-0.4, -0.2) is 45.4 Å². The molecule has 1 spiro atoms. The van der Waals surface area contributed by atoms with Crippen molar-refractivity contribution in [1.29, 1.82) is 0 Å². The van der Waals surface area contributed by atoms with E-state index in [1.54, 1.807) is 6.26 Å². The molecule has 8 nitrogen and oxygen atoms in total. The zero-order chi connectivity index (χ0) is 30.4. The van der Waals surface area contributed by atoms with E-state index in [2.05, 4.69) is 67.7 Å². The van der Waals surface area contributed by atoms with Crippen molar-refractivity contribution in [1.82, 2.24) is 19.8 Å². The number of carbonyl (C=O) groups is 2. The molecular weight excluding hydrogens is 538 g/mol. The Labute approximate surface area is 253 Å². The number of rotatable bonds is 8. The molecule has 2 aromatic heterocycles. The predicted molar refractivity (Wildman–Crippen MR) is 170 cm³/mol. The molecule has 0 bridgehead atoms. The zero-order valence-electron chi connectivity index (χ0n) is 25.5. The van der Waals surface area contributed by atoms with E-state index in [1.807, 2.05) is 41.3 Å². The number of hydrogen-bond acceptors (Lipinski definition) is 5. The molecule has 2 N–H and O–H groups in total. The number of nitrogens with zero attached hydrogens (tertiary/aromatic N) is 3. The Hall–Kier alpha value is -4.17. The van der Waals surface area contributed by atoms with E-state index >= 15 is 0 Å². The molecule has 43 heavy (non-hydrogen) atoms. The number of amides is 2. The Morgan fingerprint density at radius 1 is 1.16 bits per heavy atom. The van der Waals surface area contributed by atoms with Crippen LogP contribution in [0.2, 0.25) is 0 Å². The van der Waals surface area contributed by atoms with E-state index in [0.717, 1.165) is 66.8 Å². The highest BCUT2D eigenvalue weighted by atomic mass is 16.3. The van der Waals surface area contributed by atoms with Gasteiger partial charge >= 0.3 is 0 Å². The maximum Gasteiger partial charge on any atom is 0.257 e. The summed E-state index contributed by atoms with van der Waals surface area (Å²) in [7, 11) is 0. The molecule has 1 aliphatic carbocycles. The van der Waals surface area contributed by atoms with E-state index in [9.17, 15) is 9.59 Å². The first kappa shape index (κ1) is 28.9. The first-order valence-corrected chi connectivity index (χ1v) is 15.2. The number of carbonyl (C=O) groups excluding carboxylic acids is 2. The Morgan fingerprint density at radius 2 is 1.93 bits per heavy atom. The van der Waals surface area contributed by atoms with Gasteiger partial charge in [0.05, 0.1) is 17.3 Å². The molecule has 2 fully saturated rings. The van der Waals surface area contributed by atoms with Crippen molar-refractivity contribution in [2.45, 2.75) is 65.6 Å². The summed E-state index contributed by atoms with van der Waals surface area (Å²) >= 11 is 0. The highest BCUT2D eigenvalue weighted by Crippen LogP contribution is 2.55. The largest absolute Gasteiger partial charge is 0.464 e. The Balaban J connectivity index is 1.26. The fourth-order valence-electron chi connectivity index (χ4n) is 6.40. The molecule has 4 aromatic rings. The van der Waals surface area contributed by atoms with Crippen LogP contribution in [0.25, 0.3) is 22.4 Å². The zero-order valence-corrected chi connectivity index (χ0v) is 25.5. The molecule has 1 aliphatic heterocycles. The predicted octanol–water partition coefficient (Wildman–Crippen LogP) is 6.81. The summed E-state index contributed by atoms with van der Waals surface area (Å²) in [5.74, 6) is 1.11. The first-order chi connectivity index (χ1) is 20.5. The van der Waals surface area contributed by atoms with E-state index in [-0.39, 0.29) is 28.7 Å². The van der Waals surface area contributed by atoms with Gasteiger partial charge in [0.1, 0.15) is 5.76 Å². The fourth-order valence-corrected chi connectivity index (χ4v) is 6.40. The van der Waals surface area contributed by atoms with Gasteiger partial charge in [-0.05, 0) is 85.1 Å². The maximum atomic E-state index is 13.5. The number of anilines is 1. The second kappa shape index (κ2) is 11.2. The molecule has 1 saturated heterocycles. The summed E-state index contributed by atoms with van der Waals surface area (Å²) in [5, 5.41) is 6.76. The van der Waals surface area contributed by atoms with Crippen LogP contribution in [0, 0.1) is 10.8 Å². The van der Waals surface area contributed by atoms with Crippen LogP contribution in [0.5, 0.6) is 0 Å². The lowest BCUT2D eigenvalue weighted by Gasteiger charge is -2.46. The molecular formula is C35H41N5O3. The molecule has 2 amide bonds. The van der Waals surface area contributed by atoms with Crippen LogP contribution in [0.1, 0.15) is 68.9 Å². The first-order valence-electron chi connectivity index (χ1n) is 15.2. The normalized spacial score (nSPS) is 20.7. The smallest absolute Gasteiger partial charge is 0.257 e. The lowest BCUT2D eigenvalue weighted by Crippen LogP contribution is -2.42. The van der Waals surface area contributed by atoms with Gasteiger partial charge in [-0.25, -0.2) is 4.98 Å². The molecule has 0 radical (unpaired) electrons. The minimum Gasteiger partial charge on any atom is -0.464 e. The molecule has 1 atom stereocenters. The van der Waals surface area contributed by atoms with Crippen molar-refractivity contribution in [2.75, 3.05) is 18.4 Å².